The molecule has 0 spiro atoms. The molecule has 4 nitrogen and oxygen atoms in total. The Hall–Kier alpha value is -1.10. The zero-order valence-corrected chi connectivity index (χ0v) is 12.0. The Kier molecular flexibility index (Phi) is 5.41. The Balaban J connectivity index is 2.82. The minimum absolute atomic E-state index is 0.0172. The van der Waals surface area contributed by atoms with Gasteiger partial charge in [0, 0.05) is 19.3 Å². The summed E-state index contributed by atoms with van der Waals surface area (Å²) in [7, 11) is 0. The van der Waals surface area contributed by atoms with Crippen molar-refractivity contribution in [1.82, 2.24) is 10.3 Å². The number of aryl methyl sites for hydroxylation is 1. The van der Waals surface area contributed by atoms with E-state index in [9.17, 15) is 4.79 Å². The maximum absolute atomic E-state index is 11.6. The van der Waals surface area contributed by atoms with Crippen LogP contribution in [0.15, 0.2) is 16.7 Å². The van der Waals surface area contributed by atoms with Crippen LogP contribution in [0, 0.1) is 6.92 Å². The van der Waals surface area contributed by atoms with Crippen molar-refractivity contribution in [2.24, 2.45) is 0 Å². The predicted molar refractivity (Wildman–Crippen MR) is 73.2 cm³/mol. The molecule has 0 aliphatic rings. The van der Waals surface area contributed by atoms with Gasteiger partial charge in [-0.05, 0) is 48.3 Å². The number of halogens is 1. The van der Waals surface area contributed by atoms with Gasteiger partial charge in [-0.15, -0.1) is 0 Å². The van der Waals surface area contributed by atoms with Gasteiger partial charge in [0.05, 0.1) is 11.0 Å². The molecule has 1 rings (SSSR count). The number of carbonyl (C=O) groups is 1. The number of carbonyl (C=O) groups excluding carboxylic acids is 1. The van der Waals surface area contributed by atoms with E-state index >= 15 is 0 Å². The molecule has 0 atom stereocenters. The molecule has 1 amide bonds. The summed E-state index contributed by atoms with van der Waals surface area (Å²) in [5.41, 5.74) is 1.09. The maximum atomic E-state index is 11.6. The van der Waals surface area contributed by atoms with E-state index in [0.717, 1.165) is 22.4 Å². The number of nitrogens with one attached hydrogen (secondary N) is 1. The lowest BCUT2D eigenvalue weighted by Gasteiger charge is -2.22. The molecule has 5 heteroatoms. The summed E-state index contributed by atoms with van der Waals surface area (Å²) >= 11 is 3.48. The molecule has 17 heavy (non-hydrogen) atoms. The quantitative estimate of drug-likeness (QED) is 0.906. The lowest BCUT2D eigenvalue weighted by molar-refractivity contribution is -0.119. The van der Waals surface area contributed by atoms with Gasteiger partial charge < -0.3 is 10.2 Å². The average molecular weight is 300 g/mol. The molecular formula is C12H18BrN3O. The number of amides is 1. The summed E-state index contributed by atoms with van der Waals surface area (Å²) in [6, 6.07) is 2.00. The van der Waals surface area contributed by atoms with Crippen molar-refractivity contribution < 1.29 is 4.79 Å². The van der Waals surface area contributed by atoms with Gasteiger partial charge in [-0.3, -0.25) is 4.79 Å². The van der Waals surface area contributed by atoms with Crippen LogP contribution in [0.3, 0.4) is 0 Å². The van der Waals surface area contributed by atoms with Crippen LogP contribution in [-0.2, 0) is 4.79 Å². The highest BCUT2D eigenvalue weighted by atomic mass is 79.9. The minimum atomic E-state index is 0.0172. The molecule has 94 valence electrons. The Morgan fingerprint density at radius 1 is 1.53 bits per heavy atom. The average Bonchev–Trinajstić information content (AvgIpc) is 2.27. The molecule has 1 heterocycles. The second kappa shape index (κ2) is 6.59. The van der Waals surface area contributed by atoms with Crippen LogP contribution in [0.4, 0.5) is 5.82 Å². The number of likely N-dealkylation sites (N-methyl/N-ethyl adjacent to an activating group) is 2. The fourth-order valence-electron chi connectivity index (χ4n) is 1.52. The van der Waals surface area contributed by atoms with Crippen molar-refractivity contribution in [2.45, 2.75) is 20.8 Å². The minimum Gasteiger partial charge on any atom is -0.355 e. The number of aromatic nitrogens is 1. The van der Waals surface area contributed by atoms with E-state index in [4.69, 9.17) is 0 Å². The van der Waals surface area contributed by atoms with Crippen molar-refractivity contribution in [3.63, 3.8) is 0 Å². The van der Waals surface area contributed by atoms with Gasteiger partial charge >= 0.3 is 0 Å². The van der Waals surface area contributed by atoms with Gasteiger partial charge in [0.15, 0.2) is 0 Å². The molecule has 0 fully saturated rings. The molecule has 0 aliphatic heterocycles. The second-order valence-electron chi connectivity index (χ2n) is 3.79. The van der Waals surface area contributed by atoms with Gasteiger partial charge in [-0.25, -0.2) is 4.98 Å². The Morgan fingerprint density at radius 2 is 2.24 bits per heavy atom. The first-order valence-electron chi connectivity index (χ1n) is 5.72. The molecule has 1 aromatic heterocycles. The Bertz CT molecular complexity index is 395. The summed E-state index contributed by atoms with van der Waals surface area (Å²) in [6.07, 6.45) is 1.81. The van der Waals surface area contributed by atoms with E-state index in [0.29, 0.717) is 13.1 Å². The highest BCUT2D eigenvalue weighted by Gasteiger charge is 2.13. The third-order valence-corrected chi connectivity index (χ3v) is 2.93. The van der Waals surface area contributed by atoms with E-state index in [-0.39, 0.29) is 5.91 Å². The van der Waals surface area contributed by atoms with Crippen molar-refractivity contribution in [3.05, 3.63) is 22.3 Å². The largest absolute Gasteiger partial charge is 0.355 e. The zero-order valence-electron chi connectivity index (χ0n) is 10.5. The lowest BCUT2D eigenvalue weighted by Crippen LogP contribution is -2.37. The van der Waals surface area contributed by atoms with Crippen LogP contribution in [0.25, 0.3) is 0 Å². The highest BCUT2D eigenvalue weighted by Crippen LogP contribution is 2.24. The summed E-state index contributed by atoms with van der Waals surface area (Å²) in [5.74, 6) is 0.827. The molecule has 1 N–H and O–H groups in total. The molecule has 0 aliphatic carbocycles. The fraction of sp³-hybridized carbons (Fsp3) is 0.500. The number of rotatable bonds is 5. The van der Waals surface area contributed by atoms with Crippen LogP contribution in [0.2, 0.25) is 0 Å². The molecule has 0 saturated carbocycles. The van der Waals surface area contributed by atoms with Gasteiger partial charge in [0.1, 0.15) is 5.82 Å². The van der Waals surface area contributed by atoms with Crippen LogP contribution in [0.5, 0.6) is 0 Å². The summed E-state index contributed by atoms with van der Waals surface area (Å²) in [4.78, 5) is 17.9. The first-order chi connectivity index (χ1) is 8.08. The number of nitrogens with zero attached hydrogens (tertiary/aromatic N) is 2. The van der Waals surface area contributed by atoms with Gasteiger partial charge in [0.25, 0.3) is 0 Å². The number of pyridine rings is 1. The SMILES string of the molecule is CCNC(=O)CN(CC)c1ncc(C)cc1Br. The first kappa shape index (κ1) is 14.0. The van der Waals surface area contributed by atoms with Gasteiger partial charge in [-0.1, -0.05) is 0 Å². The van der Waals surface area contributed by atoms with Crippen molar-refractivity contribution in [3.8, 4) is 0 Å². The van der Waals surface area contributed by atoms with Crippen LogP contribution in [-0.4, -0.2) is 30.5 Å². The number of hydrogen-bond acceptors (Lipinski definition) is 3. The van der Waals surface area contributed by atoms with Crippen LogP contribution in [0.1, 0.15) is 19.4 Å². The molecule has 0 bridgehead atoms. The Labute approximate surface area is 111 Å². The molecular weight excluding hydrogens is 282 g/mol. The molecule has 0 saturated heterocycles. The standard InChI is InChI=1S/C12H18BrN3O/c1-4-14-11(17)8-16(5-2)12-10(13)6-9(3)7-15-12/h6-7H,4-5,8H2,1-3H3,(H,14,17). The summed E-state index contributed by atoms with van der Waals surface area (Å²) in [6.45, 7) is 7.63. The number of anilines is 1. The maximum Gasteiger partial charge on any atom is 0.239 e. The monoisotopic (exact) mass is 299 g/mol. The Morgan fingerprint density at radius 3 is 2.76 bits per heavy atom. The summed E-state index contributed by atoms with van der Waals surface area (Å²) < 4.78 is 0.920. The zero-order chi connectivity index (χ0) is 12.8. The molecule has 1 aromatic rings. The van der Waals surface area contributed by atoms with Gasteiger partial charge in [-0.2, -0.15) is 0 Å². The van der Waals surface area contributed by atoms with Crippen molar-refractivity contribution >= 4 is 27.7 Å². The van der Waals surface area contributed by atoms with E-state index in [1.54, 1.807) is 6.20 Å². The topological polar surface area (TPSA) is 45.2 Å². The van der Waals surface area contributed by atoms with Crippen LogP contribution >= 0.6 is 15.9 Å². The normalized spacial score (nSPS) is 10.1. The van der Waals surface area contributed by atoms with E-state index in [1.807, 2.05) is 31.7 Å². The number of hydrogen-bond donors (Lipinski definition) is 1. The summed E-state index contributed by atoms with van der Waals surface area (Å²) in [5, 5.41) is 2.79. The van der Waals surface area contributed by atoms with E-state index < -0.39 is 0 Å². The predicted octanol–water partition coefficient (Wildman–Crippen LogP) is 2.11. The first-order valence-corrected chi connectivity index (χ1v) is 6.51. The van der Waals surface area contributed by atoms with Gasteiger partial charge in [0.2, 0.25) is 5.91 Å². The van der Waals surface area contributed by atoms with E-state index in [1.165, 1.54) is 0 Å². The van der Waals surface area contributed by atoms with Crippen molar-refractivity contribution in [1.29, 1.82) is 0 Å². The molecule has 0 unspecified atom stereocenters. The highest BCUT2D eigenvalue weighted by molar-refractivity contribution is 9.10. The fourth-order valence-corrected chi connectivity index (χ4v) is 2.24. The van der Waals surface area contributed by atoms with Crippen molar-refractivity contribution in [2.75, 3.05) is 24.5 Å². The van der Waals surface area contributed by atoms with Crippen LogP contribution < -0.4 is 10.2 Å². The smallest absolute Gasteiger partial charge is 0.239 e. The lowest BCUT2D eigenvalue weighted by atomic mass is 10.3. The third kappa shape index (κ3) is 4.00. The van der Waals surface area contributed by atoms with E-state index in [2.05, 4.69) is 26.2 Å². The molecule has 0 aromatic carbocycles. The second-order valence-corrected chi connectivity index (χ2v) is 4.64. The molecule has 0 radical (unpaired) electrons. The third-order valence-electron chi connectivity index (χ3n) is 2.35.